The maximum atomic E-state index is 12.3. The van der Waals surface area contributed by atoms with Crippen molar-refractivity contribution in [2.75, 3.05) is 0 Å². The topological polar surface area (TPSA) is 54.9 Å². The third kappa shape index (κ3) is 3.30. The summed E-state index contributed by atoms with van der Waals surface area (Å²) < 4.78 is 1.31. The molecule has 0 aliphatic heterocycles. The summed E-state index contributed by atoms with van der Waals surface area (Å²) >= 11 is 5.94. The van der Waals surface area contributed by atoms with Crippen LogP contribution in [0.5, 0.6) is 0 Å². The van der Waals surface area contributed by atoms with Gasteiger partial charge < -0.3 is 0 Å². The van der Waals surface area contributed by atoms with Gasteiger partial charge in [-0.05, 0) is 18.8 Å². The van der Waals surface area contributed by atoms with E-state index in [2.05, 4.69) is 4.98 Å². The first-order chi connectivity index (χ1) is 9.13. The average molecular weight is 285 g/mol. The largest absolute Gasteiger partial charge is 0.329 e. The smallest absolute Gasteiger partial charge is 0.297 e. The van der Waals surface area contributed by atoms with Gasteiger partial charge in [-0.15, -0.1) is 0 Å². The Morgan fingerprint density at radius 3 is 2.63 bits per heavy atom. The van der Waals surface area contributed by atoms with E-state index in [9.17, 15) is 9.59 Å². The van der Waals surface area contributed by atoms with Gasteiger partial charge in [-0.3, -0.25) is 14.3 Å². The second-order valence-corrected chi connectivity index (χ2v) is 5.75. The van der Waals surface area contributed by atoms with E-state index in [0.29, 0.717) is 24.4 Å². The molecule has 106 valence electrons. The fourth-order valence-corrected chi connectivity index (χ4v) is 3.12. The lowest BCUT2D eigenvalue weighted by Gasteiger charge is -2.11. The van der Waals surface area contributed by atoms with Crippen LogP contribution in [0, 0.1) is 5.92 Å². The molecule has 19 heavy (non-hydrogen) atoms. The molecular formula is C14H21ClN2O2. The molecule has 0 radical (unpaired) electrons. The van der Waals surface area contributed by atoms with Crippen LogP contribution in [0.25, 0.3) is 0 Å². The zero-order valence-electron chi connectivity index (χ0n) is 11.4. The number of nitrogens with one attached hydrogen (secondary N) is 1. The minimum Gasteiger partial charge on any atom is -0.297 e. The molecule has 0 atom stereocenters. The van der Waals surface area contributed by atoms with Gasteiger partial charge in [0.1, 0.15) is 5.15 Å². The highest BCUT2D eigenvalue weighted by molar-refractivity contribution is 6.30. The molecule has 1 saturated carbocycles. The second-order valence-electron chi connectivity index (χ2n) is 5.37. The molecule has 4 nitrogen and oxygen atoms in total. The summed E-state index contributed by atoms with van der Waals surface area (Å²) in [6.07, 6.45) is 7.36. The predicted molar refractivity (Wildman–Crippen MR) is 76.9 cm³/mol. The van der Waals surface area contributed by atoms with Gasteiger partial charge in [0, 0.05) is 6.54 Å². The van der Waals surface area contributed by atoms with Crippen molar-refractivity contribution in [3.63, 3.8) is 0 Å². The highest BCUT2D eigenvalue weighted by Gasteiger charge is 2.17. The highest BCUT2D eigenvalue weighted by atomic mass is 35.5. The Balaban J connectivity index is 2.21. The van der Waals surface area contributed by atoms with Crippen molar-refractivity contribution in [3.05, 3.63) is 31.6 Å². The van der Waals surface area contributed by atoms with E-state index in [1.54, 1.807) is 0 Å². The van der Waals surface area contributed by atoms with Crippen LogP contribution in [0.4, 0.5) is 0 Å². The Hall–Kier alpha value is -1.03. The fourth-order valence-electron chi connectivity index (χ4n) is 2.87. The number of aromatic nitrogens is 2. The molecule has 1 aromatic heterocycles. The number of halogens is 1. The van der Waals surface area contributed by atoms with Gasteiger partial charge in [-0.2, -0.15) is 0 Å². The van der Waals surface area contributed by atoms with Crippen LogP contribution in [-0.2, 0) is 13.0 Å². The summed E-state index contributed by atoms with van der Waals surface area (Å²) in [4.78, 5) is 26.7. The number of hydrogen-bond acceptors (Lipinski definition) is 2. The lowest BCUT2D eigenvalue weighted by Crippen LogP contribution is -2.37. The maximum absolute atomic E-state index is 12.3. The Kier molecular flexibility index (Phi) is 4.86. The minimum absolute atomic E-state index is 0.203. The average Bonchev–Trinajstić information content (AvgIpc) is 2.87. The molecule has 1 aromatic rings. The molecule has 5 heteroatoms. The number of nitrogens with zero attached hydrogens (tertiary/aromatic N) is 1. The van der Waals surface area contributed by atoms with Crippen molar-refractivity contribution in [2.45, 2.75) is 58.4 Å². The van der Waals surface area contributed by atoms with Crippen LogP contribution in [0.15, 0.2) is 9.59 Å². The summed E-state index contributed by atoms with van der Waals surface area (Å²) in [7, 11) is 0. The van der Waals surface area contributed by atoms with E-state index in [0.717, 1.165) is 12.8 Å². The summed E-state index contributed by atoms with van der Waals surface area (Å²) in [5.74, 6) is 0.664. The van der Waals surface area contributed by atoms with Gasteiger partial charge in [0.05, 0.1) is 5.56 Å². The van der Waals surface area contributed by atoms with E-state index >= 15 is 0 Å². The van der Waals surface area contributed by atoms with E-state index in [1.807, 2.05) is 6.92 Å². The van der Waals surface area contributed by atoms with Crippen molar-refractivity contribution in [1.82, 2.24) is 9.55 Å². The SMILES string of the molecule is CCCc1c(Cl)[nH]c(=O)n(CCC2CCCC2)c1=O. The Morgan fingerprint density at radius 1 is 1.32 bits per heavy atom. The molecule has 1 aliphatic rings. The monoisotopic (exact) mass is 284 g/mol. The lowest BCUT2D eigenvalue weighted by molar-refractivity contribution is 0.443. The second kappa shape index (κ2) is 6.42. The standard InChI is InChI=1S/C14H21ClN2O2/c1-2-5-11-12(15)16-14(19)17(13(11)18)9-8-10-6-3-4-7-10/h10H,2-9H2,1H3,(H,16,19). The third-order valence-corrected chi connectivity index (χ3v) is 4.29. The zero-order chi connectivity index (χ0) is 13.8. The third-order valence-electron chi connectivity index (χ3n) is 3.97. The van der Waals surface area contributed by atoms with Crippen molar-refractivity contribution >= 4 is 11.6 Å². The molecule has 0 unspecified atom stereocenters. The molecule has 0 spiro atoms. The number of rotatable bonds is 5. The van der Waals surface area contributed by atoms with Crippen LogP contribution in [0.2, 0.25) is 5.15 Å². The van der Waals surface area contributed by atoms with Crippen LogP contribution in [0.1, 0.15) is 51.0 Å². The number of aromatic amines is 1. The van der Waals surface area contributed by atoms with Crippen LogP contribution in [-0.4, -0.2) is 9.55 Å². The van der Waals surface area contributed by atoms with Gasteiger partial charge in [-0.25, -0.2) is 4.79 Å². The molecule has 1 aliphatic carbocycles. The van der Waals surface area contributed by atoms with Crippen LogP contribution >= 0.6 is 11.6 Å². The van der Waals surface area contributed by atoms with E-state index < -0.39 is 0 Å². The predicted octanol–water partition coefficient (Wildman–Crippen LogP) is 2.72. The Labute approximate surface area is 117 Å². The number of H-pyrrole nitrogens is 1. The summed E-state index contributed by atoms with van der Waals surface area (Å²) in [6, 6.07) is 0. The van der Waals surface area contributed by atoms with E-state index in [4.69, 9.17) is 11.6 Å². The van der Waals surface area contributed by atoms with Crippen LogP contribution in [0.3, 0.4) is 0 Å². The van der Waals surface area contributed by atoms with Gasteiger partial charge in [-0.1, -0.05) is 50.6 Å². The molecule has 0 bridgehead atoms. The Morgan fingerprint density at radius 2 is 2.00 bits per heavy atom. The van der Waals surface area contributed by atoms with Crippen molar-refractivity contribution in [2.24, 2.45) is 5.92 Å². The van der Waals surface area contributed by atoms with Crippen molar-refractivity contribution in [1.29, 1.82) is 0 Å². The highest BCUT2D eigenvalue weighted by Crippen LogP contribution is 2.27. The van der Waals surface area contributed by atoms with Gasteiger partial charge in [0.15, 0.2) is 0 Å². The van der Waals surface area contributed by atoms with Gasteiger partial charge >= 0.3 is 5.69 Å². The minimum atomic E-state index is -0.382. The molecule has 2 rings (SSSR count). The molecule has 1 N–H and O–H groups in total. The van der Waals surface area contributed by atoms with E-state index in [1.165, 1.54) is 30.3 Å². The first-order valence-corrected chi connectivity index (χ1v) is 7.52. The molecule has 0 saturated heterocycles. The molecule has 0 aromatic carbocycles. The fraction of sp³-hybridized carbons (Fsp3) is 0.714. The first kappa shape index (κ1) is 14.4. The van der Waals surface area contributed by atoms with E-state index in [-0.39, 0.29) is 16.4 Å². The summed E-state index contributed by atoms with van der Waals surface area (Å²) in [6.45, 7) is 2.50. The molecule has 0 amide bonds. The maximum Gasteiger partial charge on any atom is 0.329 e. The molecule has 1 fully saturated rings. The Bertz CT molecular complexity index is 541. The van der Waals surface area contributed by atoms with Gasteiger partial charge in [0.2, 0.25) is 0 Å². The molecule has 1 heterocycles. The lowest BCUT2D eigenvalue weighted by atomic mass is 10.0. The summed E-state index contributed by atoms with van der Waals surface area (Å²) in [5.41, 5.74) is -0.0587. The quantitative estimate of drug-likeness (QED) is 0.845. The zero-order valence-corrected chi connectivity index (χ0v) is 12.1. The summed E-state index contributed by atoms with van der Waals surface area (Å²) in [5, 5.41) is 0.203. The van der Waals surface area contributed by atoms with Crippen molar-refractivity contribution < 1.29 is 0 Å². The van der Waals surface area contributed by atoms with Crippen molar-refractivity contribution in [3.8, 4) is 0 Å². The van der Waals surface area contributed by atoms with Crippen LogP contribution < -0.4 is 11.2 Å². The first-order valence-electron chi connectivity index (χ1n) is 7.15. The number of hydrogen-bond donors (Lipinski definition) is 1. The normalized spacial score (nSPS) is 16.1. The van der Waals surface area contributed by atoms with Gasteiger partial charge in [0.25, 0.3) is 5.56 Å². The molecular weight excluding hydrogens is 264 g/mol.